The smallest absolute Gasteiger partial charge is 0.255 e. The normalized spacial score (nSPS) is 20.7. The molecule has 1 saturated heterocycles. The van der Waals surface area contributed by atoms with Gasteiger partial charge in [-0.05, 0) is 55.0 Å². The molecule has 1 fully saturated rings. The molecule has 0 saturated carbocycles. The van der Waals surface area contributed by atoms with Crippen molar-refractivity contribution in [3.8, 4) is 0 Å². The first-order valence-electron chi connectivity index (χ1n) is 8.57. The van der Waals surface area contributed by atoms with Crippen LogP contribution < -0.4 is 5.32 Å². The number of unbranched alkanes of at least 4 members (excludes halogenated alkanes) is 1. The molecule has 6 heteroatoms. The van der Waals surface area contributed by atoms with Gasteiger partial charge in [0.05, 0.1) is 0 Å². The van der Waals surface area contributed by atoms with Crippen molar-refractivity contribution in [2.24, 2.45) is 0 Å². The number of hydrogen-bond donors (Lipinski definition) is 2. The van der Waals surface area contributed by atoms with Crippen LogP contribution in [0.3, 0.4) is 0 Å². The number of rotatable bonds is 5. The first-order chi connectivity index (χ1) is 12.0. The van der Waals surface area contributed by atoms with E-state index in [1.165, 1.54) is 0 Å². The molecule has 1 aromatic carbocycles. The number of carbonyl (C=O) groups is 3. The molecule has 2 aliphatic heterocycles. The van der Waals surface area contributed by atoms with E-state index in [-0.39, 0.29) is 24.8 Å². The van der Waals surface area contributed by atoms with Gasteiger partial charge < -0.3 is 10.0 Å². The van der Waals surface area contributed by atoms with Crippen LogP contribution in [-0.4, -0.2) is 40.4 Å². The third kappa shape index (κ3) is 3.49. The van der Waals surface area contributed by atoms with E-state index in [2.05, 4.69) is 11.4 Å². The molecule has 132 valence electrons. The highest BCUT2D eigenvalue weighted by atomic mass is 16.3. The number of benzene rings is 1. The Labute approximate surface area is 146 Å². The Morgan fingerprint density at radius 1 is 1.36 bits per heavy atom. The summed E-state index contributed by atoms with van der Waals surface area (Å²) in [5, 5.41) is 11.2. The lowest BCUT2D eigenvalue weighted by atomic mass is 10.0. The number of nitrogens with zero attached hydrogens (tertiary/aromatic N) is 1. The Balaban J connectivity index is 1.78. The van der Waals surface area contributed by atoms with Gasteiger partial charge in [0.15, 0.2) is 0 Å². The summed E-state index contributed by atoms with van der Waals surface area (Å²) in [5.41, 5.74) is 3.66. The third-order valence-corrected chi connectivity index (χ3v) is 4.79. The van der Waals surface area contributed by atoms with Gasteiger partial charge in [0.2, 0.25) is 11.8 Å². The van der Waals surface area contributed by atoms with Crippen molar-refractivity contribution >= 4 is 23.3 Å². The monoisotopic (exact) mass is 342 g/mol. The number of nitrogens with one attached hydrogen (secondary N) is 1. The van der Waals surface area contributed by atoms with Gasteiger partial charge in [-0.25, -0.2) is 0 Å². The molecule has 1 atom stereocenters. The standard InChI is InChI=1S/C19H22N2O4/c1-12(4-2-3-9-22)13-5-6-15-14(10-13)11-21(19(15)25)16-7-8-17(23)20-18(16)24/h4-6,10,16,22H,2-3,7-9,11H2,1H3,(H,20,23,24)/b12-4+. The molecule has 0 aliphatic carbocycles. The lowest BCUT2D eigenvalue weighted by molar-refractivity contribution is -0.136. The Morgan fingerprint density at radius 3 is 2.88 bits per heavy atom. The molecule has 6 nitrogen and oxygen atoms in total. The highest BCUT2D eigenvalue weighted by Gasteiger charge is 2.39. The zero-order chi connectivity index (χ0) is 18.0. The van der Waals surface area contributed by atoms with E-state index in [1.54, 1.807) is 4.90 Å². The molecule has 3 rings (SSSR count). The molecule has 25 heavy (non-hydrogen) atoms. The van der Waals surface area contributed by atoms with E-state index in [1.807, 2.05) is 25.1 Å². The van der Waals surface area contributed by atoms with Crippen LogP contribution >= 0.6 is 0 Å². The Morgan fingerprint density at radius 2 is 2.16 bits per heavy atom. The number of fused-ring (bicyclic) bond motifs is 1. The summed E-state index contributed by atoms with van der Waals surface area (Å²) in [4.78, 5) is 37.5. The van der Waals surface area contributed by atoms with Crippen molar-refractivity contribution in [3.05, 3.63) is 41.0 Å². The number of piperidine rings is 1. The summed E-state index contributed by atoms with van der Waals surface area (Å²) in [6, 6.07) is 5.13. The van der Waals surface area contributed by atoms with E-state index in [4.69, 9.17) is 5.11 Å². The number of allylic oxidation sites excluding steroid dienone is 2. The largest absolute Gasteiger partial charge is 0.396 e. The zero-order valence-corrected chi connectivity index (χ0v) is 14.2. The number of hydrogen-bond acceptors (Lipinski definition) is 4. The minimum absolute atomic E-state index is 0.155. The molecule has 2 N–H and O–H groups in total. The van der Waals surface area contributed by atoms with E-state index in [0.717, 1.165) is 29.5 Å². The van der Waals surface area contributed by atoms with Crippen molar-refractivity contribution in [1.82, 2.24) is 10.2 Å². The van der Waals surface area contributed by atoms with Gasteiger partial charge in [-0.3, -0.25) is 19.7 Å². The summed E-state index contributed by atoms with van der Waals surface area (Å²) in [6.07, 6.45) is 4.24. The summed E-state index contributed by atoms with van der Waals surface area (Å²) in [6.45, 7) is 2.56. The fraction of sp³-hybridized carbons (Fsp3) is 0.421. The van der Waals surface area contributed by atoms with Crippen LogP contribution in [0.25, 0.3) is 5.57 Å². The molecular weight excluding hydrogens is 320 g/mol. The van der Waals surface area contributed by atoms with E-state index < -0.39 is 11.9 Å². The first kappa shape index (κ1) is 17.4. The van der Waals surface area contributed by atoms with Crippen LogP contribution in [0.15, 0.2) is 24.3 Å². The highest BCUT2D eigenvalue weighted by molar-refractivity contribution is 6.05. The fourth-order valence-electron chi connectivity index (χ4n) is 3.35. The number of amides is 3. The Bertz CT molecular complexity index is 754. The first-order valence-corrected chi connectivity index (χ1v) is 8.57. The highest BCUT2D eigenvalue weighted by Crippen LogP contribution is 2.29. The molecule has 0 aromatic heterocycles. The summed E-state index contributed by atoms with van der Waals surface area (Å²) < 4.78 is 0. The van der Waals surface area contributed by atoms with Crippen LogP contribution in [-0.2, 0) is 16.1 Å². The summed E-state index contributed by atoms with van der Waals surface area (Å²) >= 11 is 0. The number of imide groups is 1. The lowest BCUT2D eigenvalue weighted by Gasteiger charge is -2.29. The molecule has 0 bridgehead atoms. The van der Waals surface area contributed by atoms with Gasteiger partial charge in [-0.1, -0.05) is 12.1 Å². The van der Waals surface area contributed by atoms with Crippen molar-refractivity contribution in [2.45, 2.75) is 45.2 Å². The molecule has 2 aliphatic rings. The quantitative estimate of drug-likeness (QED) is 0.629. The second-order valence-electron chi connectivity index (χ2n) is 6.52. The number of aliphatic hydroxyl groups excluding tert-OH is 1. The van der Waals surface area contributed by atoms with Gasteiger partial charge >= 0.3 is 0 Å². The molecule has 2 heterocycles. The van der Waals surface area contributed by atoms with Crippen molar-refractivity contribution < 1.29 is 19.5 Å². The second-order valence-corrected chi connectivity index (χ2v) is 6.52. The SMILES string of the molecule is C/C(=C\CCCO)c1ccc2c(c1)CN(C1CCC(=O)NC1=O)C2=O. The summed E-state index contributed by atoms with van der Waals surface area (Å²) in [7, 11) is 0. The Hall–Kier alpha value is -2.47. The van der Waals surface area contributed by atoms with Crippen LogP contribution in [0.4, 0.5) is 0 Å². The molecule has 3 amide bonds. The van der Waals surface area contributed by atoms with E-state index >= 15 is 0 Å². The van der Waals surface area contributed by atoms with Crippen molar-refractivity contribution in [2.75, 3.05) is 6.61 Å². The molecule has 0 radical (unpaired) electrons. The van der Waals surface area contributed by atoms with Gasteiger partial charge in [-0.15, -0.1) is 0 Å². The second kappa shape index (κ2) is 7.19. The fourth-order valence-corrected chi connectivity index (χ4v) is 3.35. The minimum atomic E-state index is -0.581. The maximum Gasteiger partial charge on any atom is 0.255 e. The van der Waals surface area contributed by atoms with Gasteiger partial charge in [0.1, 0.15) is 6.04 Å². The van der Waals surface area contributed by atoms with Gasteiger partial charge in [0, 0.05) is 25.1 Å². The van der Waals surface area contributed by atoms with E-state index in [0.29, 0.717) is 18.5 Å². The number of aliphatic hydroxyl groups is 1. The van der Waals surface area contributed by atoms with E-state index in [9.17, 15) is 14.4 Å². The molecule has 1 unspecified atom stereocenters. The van der Waals surface area contributed by atoms with Crippen LogP contribution in [0.2, 0.25) is 0 Å². The van der Waals surface area contributed by atoms with Crippen LogP contribution in [0, 0.1) is 0 Å². The molecule has 0 spiro atoms. The average molecular weight is 342 g/mol. The van der Waals surface area contributed by atoms with Crippen LogP contribution in [0.5, 0.6) is 0 Å². The lowest BCUT2D eigenvalue weighted by Crippen LogP contribution is -2.52. The minimum Gasteiger partial charge on any atom is -0.396 e. The topological polar surface area (TPSA) is 86.7 Å². The van der Waals surface area contributed by atoms with Crippen molar-refractivity contribution in [3.63, 3.8) is 0 Å². The van der Waals surface area contributed by atoms with Crippen molar-refractivity contribution in [1.29, 1.82) is 0 Å². The predicted octanol–water partition coefficient (Wildman–Crippen LogP) is 1.62. The molecular formula is C19H22N2O4. The molecule has 1 aromatic rings. The predicted molar refractivity (Wildman–Crippen MR) is 92.5 cm³/mol. The maximum atomic E-state index is 12.6. The zero-order valence-electron chi connectivity index (χ0n) is 14.2. The van der Waals surface area contributed by atoms with Crippen LogP contribution in [0.1, 0.15) is 54.1 Å². The maximum absolute atomic E-state index is 12.6. The van der Waals surface area contributed by atoms with Gasteiger partial charge in [0.25, 0.3) is 5.91 Å². The third-order valence-electron chi connectivity index (χ3n) is 4.79. The average Bonchev–Trinajstić information content (AvgIpc) is 2.91. The number of carbonyl (C=O) groups excluding carboxylic acids is 3. The Kier molecular flexibility index (Phi) is 4.99. The summed E-state index contributed by atoms with van der Waals surface area (Å²) in [5.74, 6) is -0.827. The van der Waals surface area contributed by atoms with Gasteiger partial charge in [-0.2, -0.15) is 0 Å².